The molecular weight excluding hydrogens is 528 g/mol. The second-order valence-corrected chi connectivity index (χ2v) is 11.2. The van der Waals surface area contributed by atoms with Crippen LogP contribution in [-0.2, 0) is 20.8 Å². The minimum Gasteiger partial charge on any atom is -0.475 e. The fourth-order valence-electron chi connectivity index (χ4n) is 5.44. The molecule has 1 saturated heterocycles. The van der Waals surface area contributed by atoms with E-state index in [1.807, 2.05) is 36.4 Å². The van der Waals surface area contributed by atoms with Gasteiger partial charge in [-0.3, -0.25) is 4.90 Å². The summed E-state index contributed by atoms with van der Waals surface area (Å²) in [6.45, 7) is 5.87. The van der Waals surface area contributed by atoms with Gasteiger partial charge in [0.05, 0.1) is 25.2 Å². The number of alkyl carbamates (subject to hydrolysis) is 1. The summed E-state index contributed by atoms with van der Waals surface area (Å²) in [7, 11) is 0. The number of benzene rings is 2. The van der Waals surface area contributed by atoms with Crippen molar-refractivity contribution in [2.45, 2.75) is 57.3 Å². The molecule has 0 radical (unpaired) electrons. The van der Waals surface area contributed by atoms with E-state index in [1.165, 1.54) is 17.0 Å². The first-order valence-corrected chi connectivity index (χ1v) is 13.6. The van der Waals surface area contributed by atoms with Crippen molar-refractivity contribution in [1.29, 1.82) is 0 Å². The topological polar surface area (TPSA) is 128 Å². The third kappa shape index (κ3) is 6.38. The lowest BCUT2D eigenvalue weighted by molar-refractivity contribution is -0.00851. The van der Waals surface area contributed by atoms with Crippen LogP contribution in [0.25, 0.3) is 11.1 Å². The second kappa shape index (κ2) is 11.7. The highest BCUT2D eigenvalue weighted by Crippen LogP contribution is 2.44. The van der Waals surface area contributed by atoms with Gasteiger partial charge in [-0.25, -0.2) is 14.4 Å². The van der Waals surface area contributed by atoms with E-state index in [9.17, 15) is 19.5 Å². The summed E-state index contributed by atoms with van der Waals surface area (Å²) in [4.78, 5) is 39.3. The molecule has 2 aromatic carbocycles. The predicted molar refractivity (Wildman–Crippen MR) is 149 cm³/mol. The average molecular weight is 563 g/mol. The van der Waals surface area contributed by atoms with Crippen LogP contribution in [0.5, 0.6) is 0 Å². The number of nitrogens with zero attached hydrogens (tertiary/aromatic N) is 1. The van der Waals surface area contributed by atoms with Crippen molar-refractivity contribution in [3.63, 3.8) is 0 Å². The van der Waals surface area contributed by atoms with Crippen molar-refractivity contribution >= 4 is 18.2 Å². The van der Waals surface area contributed by atoms with E-state index < -0.39 is 35.8 Å². The highest BCUT2D eigenvalue weighted by atomic mass is 16.6. The molecule has 0 saturated carbocycles. The zero-order chi connectivity index (χ0) is 29.1. The van der Waals surface area contributed by atoms with Gasteiger partial charge in [-0.2, -0.15) is 0 Å². The summed E-state index contributed by atoms with van der Waals surface area (Å²) < 4.78 is 22.5. The van der Waals surface area contributed by atoms with Crippen LogP contribution in [0.3, 0.4) is 0 Å². The van der Waals surface area contributed by atoms with E-state index in [1.54, 1.807) is 20.8 Å². The van der Waals surface area contributed by atoms with Gasteiger partial charge in [0.15, 0.2) is 0 Å². The predicted octanol–water partition coefficient (Wildman–Crippen LogP) is 5.41. The lowest BCUT2D eigenvalue weighted by atomic mass is 9.98. The molecule has 2 heterocycles. The quantitative estimate of drug-likeness (QED) is 0.391. The van der Waals surface area contributed by atoms with Crippen LogP contribution >= 0.6 is 0 Å². The van der Waals surface area contributed by atoms with Gasteiger partial charge in [-0.1, -0.05) is 48.5 Å². The molecular formula is C31H34N2O8. The average Bonchev–Trinajstić information content (AvgIpc) is 3.53. The van der Waals surface area contributed by atoms with Crippen molar-refractivity contribution in [3.8, 4) is 11.1 Å². The van der Waals surface area contributed by atoms with Crippen LogP contribution in [0.1, 0.15) is 60.6 Å². The summed E-state index contributed by atoms with van der Waals surface area (Å²) in [5, 5.41) is 12.1. The number of nitrogens with one attached hydrogen (secondary N) is 1. The Bertz CT molecular complexity index is 1380. The van der Waals surface area contributed by atoms with E-state index >= 15 is 0 Å². The van der Waals surface area contributed by atoms with E-state index in [2.05, 4.69) is 17.4 Å². The first kappa shape index (κ1) is 28.2. The van der Waals surface area contributed by atoms with Crippen molar-refractivity contribution in [2.75, 3.05) is 19.8 Å². The van der Waals surface area contributed by atoms with E-state index in [0.717, 1.165) is 22.3 Å². The molecule has 2 amide bonds. The van der Waals surface area contributed by atoms with Crippen molar-refractivity contribution < 1.29 is 38.1 Å². The molecule has 0 unspecified atom stereocenters. The number of furan rings is 1. The number of ether oxygens (including phenoxy) is 3. The number of hydrogen-bond donors (Lipinski definition) is 2. The zero-order valence-electron chi connectivity index (χ0n) is 23.3. The molecule has 2 atom stereocenters. The first-order chi connectivity index (χ1) is 19.6. The van der Waals surface area contributed by atoms with Crippen molar-refractivity contribution in [2.24, 2.45) is 0 Å². The van der Waals surface area contributed by atoms with Gasteiger partial charge in [0.25, 0.3) is 0 Å². The largest absolute Gasteiger partial charge is 0.475 e. The molecule has 3 aromatic rings. The Kier molecular flexibility index (Phi) is 8.03. The normalized spacial score (nSPS) is 18.2. The summed E-state index contributed by atoms with van der Waals surface area (Å²) in [6.07, 6.45) is -0.823. The Morgan fingerprint density at radius 1 is 1.00 bits per heavy atom. The molecule has 1 aromatic heterocycles. The van der Waals surface area contributed by atoms with Gasteiger partial charge in [0.1, 0.15) is 18.0 Å². The molecule has 216 valence electrons. The van der Waals surface area contributed by atoms with Crippen LogP contribution in [0.15, 0.2) is 65.1 Å². The third-order valence-corrected chi connectivity index (χ3v) is 7.19. The summed E-state index contributed by atoms with van der Waals surface area (Å²) >= 11 is 0. The number of carbonyl (C=O) groups is 3. The Labute approximate surface area is 238 Å². The van der Waals surface area contributed by atoms with Gasteiger partial charge >= 0.3 is 18.2 Å². The maximum Gasteiger partial charge on any atom is 0.410 e. The molecule has 10 heteroatoms. The Balaban J connectivity index is 1.38. The molecule has 1 aliphatic heterocycles. The van der Waals surface area contributed by atoms with Crippen LogP contribution in [0.4, 0.5) is 9.59 Å². The van der Waals surface area contributed by atoms with Crippen molar-refractivity contribution in [3.05, 3.63) is 83.3 Å². The van der Waals surface area contributed by atoms with Gasteiger partial charge in [0.2, 0.25) is 5.76 Å². The standard InChI is InChI=1S/C31H34N2O8/c1-31(2,3)41-29(36)32-25-18-38-15-14-26(25)33(16-19-12-13-27(40-19)28(34)35)30(37)39-17-24-22-10-6-4-8-20(22)21-9-5-7-11-23(21)24/h4-13,24-26H,14-18H2,1-3H3,(H,32,36)(H,34,35)/t25-,26+/m0/s1. The van der Waals surface area contributed by atoms with E-state index in [4.69, 9.17) is 18.6 Å². The van der Waals surface area contributed by atoms with Gasteiger partial charge < -0.3 is 29.1 Å². The molecule has 41 heavy (non-hydrogen) atoms. The lowest BCUT2D eigenvalue weighted by Crippen LogP contribution is -2.58. The van der Waals surface area contributed by atoms with Crippen LogP contribution in [-0.4, -0.2) is 65.7 Å². The maximum absolute atomic E-state index is 13.8. The van der Waals surface area contributed by atoms with Gasteiger partial charge in [0, 0.05) is 12.5 Å². The first-order valence-electron chi connectivity index (χ1n) is 13.6. The number of fused-ring (bicyclic) bond motifs is 3. The smallest absolute Gasteiger partial charge is 0.410 e. The number of carbonyl (C=O) groups excluding carboxylic acids is 2. The van der Waals surface area contributed by atoms with E-state index in [-0.39, 0.29) is 37.2 Å². The summed E-state index contributed by atoms with van der Waals surface area (Å²) in [6, 6.07) is 17.9. The number of aromatic carboxylic acids is 1. The monoisotopic (exact) mass is 562 g/mol. The summed E-state index contributed by atoms with van der Waals surface area (Å²) in [5.41, 5.74) is 3.69. The maximum atomic E-state index is 13.8. The molecule has 1 fully saturated rings. The number of amides is 2. The lowest BCUT2D eigenvalue weighted by Gasteiger charge is -2.39. The summed E-state index contributed by atoms with van der Waals surface area (Å²) in [5.74, 6) is -1.30. The molecule has 0 spiro atoms. The van der Waals surface area contributed by atoms with E-state index in [0.29, 0.717) is 13.0 Å². The third-order valence-electron chi connectivity index (χ3n) is 7.19. The highest BCUT2D eigenvalue weighted by molar-refractivity contribution is 5.84. The number of carboxylic acid groups (broad SMARTS) is 1. The number of carboxylic acids is 1. The SMILES string of the molecule is CC(C)(C)OC(=O)N[C@H]1COCC[C@H]1N(Cc1ccc(C(=O)O)o1)C(=O)OCC1c2ccccc2-c2ccccc21. The fraction of sp³-hybridized carbons (Fsp3) is 0.387. The fourth-order valence-corrected chi connectivity index (χ4v) is 5.44. The molecule has 2 aliphatic rings. The van der Waals surface area contributed by atoms with Gasteiger partial charge in [-0.15, -0.1) is 0 Å². The van der Waals surface area contributed by atoms with Gasteiger partial charge in [-0.05, 0) is 61.6 Å². The number of rotatable bonds is 7. The van der Waals surface area contributed by atoms with Crippen molar-refractivity contribution in [1.82, 2.24) is 10.2 Å². The molecule has 1 aliphatic carbocycles. The Hall–Kier alpha value is -4.31. The van der Waals surface area contributed by atoms with Crippen LogP contribution in [0.2, 0.25) is 0 Å². The highest BCUT2D eigenvalue weighted by Gasteiger charge is 2.38. The Morgan fingerprint density at radius 3 is 2.27 bits per heavy atom. The molecule has 0 bridgehead atoms. The molecule has 2 N–H and O–H groups in total. The Morgan fingerprint density at radius 2 is 1.66 bits per heavy atom. The minimum absolute atomic E-state index is 0.0544. The van der Waals surface area contributed by atoms with Crippen LogP contribution < -0.4 is 5.32 Å². The molecule has 10 nitrogen and oxygen atoms in total. The zero-order valence-corrected chi connectivity index (χ0v) is 23.3. The second-order valence-electron chi connectivity index (χ2n) is 11.2. The molecule has 5 rings (SSSR count). The minimum atomic E-state index is -1.21. The van der Waals surface area contributed by atoms with Crippen LogP contribution in [0, 0.1) is 0 Å². The number of hydrogen-bond acceptors (Lipinski definition) is 7.